The summed E-state index contributed by atoms with van der Waals surface area (Å²) in [6.07, 6.45) is 2.63. The highest BCUT2D eigenvalue weighted by molar-refractivity contribution is 6.04. The zero-order valence-corrected chi connectivity index (χ0v) is 14.6. The first-order chi connectivity index (χ1) is 11.6. The summed E-state index contributed by atoms with van der Waals surface area (Å²) in [4.78, 5) is 14.8. The number of carbonyl (C=O) groups excluding carboxylic acids is 1. The van der Waals surface area contributed by atoms with Gasteiger partial charge in [0.15, 0.2) is 0 Å². The van der Waals surface area contributed by atoms with Crippen molar-refractivity contribution in [3.05, 3.63) is 65.2 Å². The Morgan fingerprint density at radius 2 is 1.83 bits per heavy atom. The number of hydrogen-bond acceptors (Lipinski definition) is 2. The van der Waals surface area contributed by atoms with Crippen molar-refractivity contribution >= 4 is 11.6 Å². The van der Waals surface area contributed by atoms with Gasteiger partial charge >= 0.3 is 0 Å². The van der Waals surface area contributed by atoms with Crippen LogP contribution in [0.1, 0.15) is 41.3 Å². The molecule has 1 N–H and O–H groups in total. The first-order valence-electron chi connectivity index (χ1n) is 8.79. The van der Waals surface area contributed by atoms with Crippen LogP contribution in [0.5, 0.6) is 0 Å². The van der Waals surface area contributed by atoms with Crippen LogP contribution in [0.4, 0.5) is 5.69 Å². The summed E-state index contributed by atoms with van der Waals surface area (Å²) in [5, 5.41) is 2.94. The van der Waals surface area contributed by atoms with Crippen molar-refractivity contribution in [3.63, 3.8) is 0 Å². The largest absolute Gasteiger partial charge is 0.322 e. The molecule has 1 fully saturated rings. The molecule has 1 aliphatic heterocycles. The van der Waals surface area contributed by atoms with E-state index in [0.717, 1.165) is 18.2 Å². The fourth-order valence-corrected chi connectivity index (χ4v) is 3.29. The number of rotatable bonds is 4. The topological polar surface area (TPSA) is 32.3 Å². The second-order valence-electron chi connectivity index (χ2n) is 7.00. The van der Waals surface area contributed by atoms with Gasteiger partial charge in [0.25, 0.3) is 5.91 Å². The van der Waals surface area contributed by atoms with E-state index in [-0.39, 0.29) is 5.91 Å². The van der Waals surface area contributed by atoms with E-state index in [2.05, 4.69) is 29.3 Å². The number of hydrogen-bond donors (Lipinski definition) is 1. The van der Waals surface area contributed by atoms with Gasteiger partial charge in [0.05, 0.1) is 0 Å². The van der Waals surface area contributed by atoms with Crippen LogP contribution in [0, 0.1) is 12.8 Å². The summed E-state index contributed by atoms with van der Waals surface area (Å²) < 4.78 is 0. The van der Waals surface area contributed by atoms with Crippen molar-refractivity contribution in [2.45, 2.75) is 33.2 Å². The number of aryl methyl sites for hydroxylation is 1. The van der Waals surface area contributed by atoms with Crippen molar-refractivity contribution in [2.24, 2.45) is 5.92 Å². The number of piperidine rings is 1. The van der Waals surface area contributed by atoms with E-state index in [1.807, 2.05) is 43.3 Å². The Hall–Kier alpha value is -2.13. The Morgan fingerprint density at radius 1 is 1.12 bits per heavy atom. The molecule has 0 aliphatic carbocycles. The van der Waals surface area contributed by atoms with Gasteiger partial charge in [-0.2, -0.15) is 0 Å². The number of likely N-dealkylation sites (tertiary alicyclic amines) is 1. The molecular weight excluding hydrogens is 296 g/mol. The summed E-state index contributed by atoms with van der Waals surface area (Å²) in [6, 6.07) is 15.8. The van der Waals surface area contributed by atoms with Crippen molar-refractivity contribution < 1.29 is 4.79 Å². The maximum atomic E-state index is 12.3. The Bertz CT molecular complexity index is 676. The van der Waals surface area contributed by atoms with Crippen LogP contribution in [-0.4, -0.2) is 23.9 Å². The molecule has 1 heterocycles. The molecule has 0 aromatic heterocycles. The smallest absolute Gasteiger partial charge is 0.255 e. The molecule has 3 heteroatoms. The summed E-state index contributed by atoms with van der Waals surface area (Å²) in [5.74, 6) is 0.732. The molecule has 2 aromatic rings. The SMILES string of the molecule is Cc1ccc(NC(=O)c2ccc(CN3CCC[C@@H](C)C3)cc2)cc1. The van der Waals surface area contributed by atoms with Crippen molar-refractivity contribution in [3.8, 4) is 0 Å². The van der Waals surface area contributed by atoms with Gasteiger partial charge in [-0.05, 0) is 62.1 Å². The Kier molecular flexibility index (Phi) is 5.31. The maximum Gasteiger partial charge on any atom is 0.255 e. The molecule has 1 saturated heterocycles. The minimum absolute atomic E-state index is 0.0583. The summed E-state index contributed by atoms with van der Waals surface area (Å²) >= 11 is 0. The third-order valence-electron chi connectivity index (χ3n) is 4.67. The van der Waals surface area contributed by atoms with Crippen LogP contribution in [0.2, 0.25) is 0 Å². The number of nitrogens with zero attached hydrogens (tertiary/aromatic N) is 1. The average molecular weight is 322 g/mol. The average Bonchev–Trinajstić information content (AvgIpc) is 2.57. The van der Waals surface area contributed by atoms with Crippen LogP contribution >= 0.6 is 0 Å². The molecule has 3 nitrogen and oxygen atoms in total. The number of benzene rings is 2. The van der Waals surface area contributed by atoms with E-state index in [1.54, 1.807) is 0 Å². The van der Waals surface area contributed by atoms with E-state index in [1.165, 1.54) is 37.1 Å². The lowest BCUT2D eigenvalue weighted by atomic mass is 9.99. The standard InChI is InChI=1S/C21H26N2O/c1-16-5-11-20(12-6-16)22-21(24)19-9-7-18(8-10-19)15-23-13-3-4-17(2)14-23/h5-12,17H,3-4,13-15H2,1-2H3,(H,22,24)/t17-/m1/s1. The quantitative estimate of drug-likeness (QED) is 0.900. The highest BCUT2D eigenvalue weighted by atomic mass is 16.1. The molecule has 24 heavy (non-hydrogen) atoms. The molecule has 0 radical (unpaired) electrons. The van der Waals surface area contributed by atoms with Crippen LogP contribution < -0.4 is 5.32 Å². The number of nitrogens with one attached hydrogen (secondary N) is 1. The van der Waals surface area contributed by atoms with Gasteiger partial charge in [-0.1, -0.05) is 36.8 Å². The minimum atomic E-state index is -0.0583. The molecule has 1 amide bonds. The van der Waals surface area contributed by atoms with Gasteiger partial charge in [-0.15, -0.1) is 0 Å². The minimum Gasteiger partial charge on any atom is -0.322 e. The molecule has 1 aliphatic rings. The van der Waals surface area contributed by atoms with Crippen molar-refractivity contribution in [2.75, 3.05) is 18.4 Å². The molecule has 0 saturated carbocycles. The monoisotopic (exact) mass is 322 g/mol. The summed E-state index contributed by atoms with van der Waals surface area (Å²) in [6.45, 7) is 7.69. The van der Waals surface area contributed by atoms with E-state index in [0.29, 0.717) is 5.56 Å². The van der Waals surface area contributed by atoms with E-state index in [4.69, 9.17) is 0 Å². The molecule has 3 rings (SSSR count). The Morgan fingerprint density at radius 3 is 2.50 bits per heavy atom. The number of amides is 1. The first-order valence-corrected chi connectivity index (χ1v) is 8.79. The highest BCUT2D eigenvalue weighted by Gasteiger charge is 2.16. The van der Waals surface area contributed by atoms with E-state index < -0.39 is 0 Å². The predicted octanol–water partition coefficient (Wildman–Crippen LogP) is 4.48. The van der Waals surface area contributed by atoms with Crippen LogP contribution in [0.3, 0.4) is 0 Å². The number of carbonyl (C=O) groups is 1. The first kappa shape index (κ1) is 16.7. The maximum absolute atomic E-state index is 12.3. The van der Waals surface area contributed by atoms with Gasteiger partial charge in [0, 0.05) is 24.3 Å². The van der Waals surface area contributed by atoms with Gasteiger partial charge < -0.3 is 5.32 Å². The molecule has 2 aromatic carbocycles. The van der Waals surface area contributed by atoms with Gasteiger partial charge in [0.2, 0.25) is 0 Å². The molecule has 0 unspecified atom stereocenters. The third-order valence-corrected chi connectivity index (χ3v) is 4.67. The Labute approximate surface area is 144 Å². The fraction of sp³-hybridized carbons (Fsp3) is 0.381. The predicted molar refractivity (Wildman–Crippen MR) is 99.2 cm³/mol. The van der Waals surface area contributed by atoms with Crippen molar-refractivity contribution in [1.82, 2.24) is 4.90 Å². The third kappa shape index (κ3) is 4.45. The molecule has 1 atom stereocenters. The van der Waals surface area contributed by atoms with E-state index >= 15 is 0 Å². The lowest BCUT2D eigenvalue weighted by Gasteiger charge is -2.30. The second-order valence-corrected chi connectivity index (χ2v) is 7.00. The van der Waals surface area contributed by atoms with Gasteiger partial charge in [0.1, 0.15) is 0 Å². The zero-order chi connectivity index (χ0) is 16.9. The molecule has 0 spiro atoms. The molecule has 0 bridgehead atoms. The Balaban J connectivity index is 1.59. The highest BCUT2D eigenvalue weighted by Crippen LogP contribution is 2.18. The summed E-state index contributed by atoms with van der Waals surface area (Å²) in [5.41, 5.74) is 3.99. The summed E-state index contributed by atoms with van der Waals surface area (Å²) in [7, 11) is 0. The van der Waals surface area contributed by atoms with Crippen LogP contribution in [0.15, 0.2) is 48.5 Å². The van der Waals surface area contributed by atoms with Gasteiger partial charge in [-0.25, -0.2) is 0 Å². The fourth-order valence-electron chi connectivity index (χ4n) is 3.29. The molecule has 126 valence electrons. The lowest BCUT2D eigenvalue weighted by Crippen LogP contribution is -2.33. The lowest BCUT2D eigenvalue weighted by molar-refractivity contribution is 0.102. The van der Waals surface area contributed by atoms with Gasteiger partial charge in [-0.3, -0.25) is 9.69 Å². The molecular formula is C21H26N2O. The van der Waals surface area contributed by atoms with E-state index in [9.17, 15) is 4.79 Å². The number of anilines is 1. The zero-order valence-electron chi connectivity index (χ0n) is 14.6. The second kappa shape index (κ2) is 7.63. The van der Waals surface area contributed by atoms with Crippen LogP contribution in [-0.2, 0) is 6.54 Å². The van der Waals surface area contributed by atoms with Crippen molar-refractivity contribution in [1.29, 1.82) is 0 Å². The normalized spacial score (nSPS) is 18.3. The van der Waals surface area contributed by atoms with Crippen LogP contribution in [0.25, 0.3) is 0 Å².